The molecule has 0 radical (unpaired) electrons. The first-order valence-electron chi connectivity index (χ1n) is 14.1. The summed E-state index contributed by atoms with van der Waals surface area (Å²) < 4.78 is 46.9. The first-order chi connectivity index (χ1) is 20.7. The van der Waals surface area contributed by atoms with Gasteiger partial charge in [0.25, 0.3) is 0 Å². The predicted molar refractivity (Wildman–Crippen MR) is 167 cm³/mol. The molecule has 4 N–H and O–H groups in total. The molecule has 0 saturated heterocycles. The Morgan fingerprint density at radius 2 is 1.53 bits per heavy atom. The van der Waals surface area contributed by atoms with E-state index in [1.54, 1.807) is 6.07 Å². The van der Waals surface area contributed by atoms with E-state index in [-0.39, 0.29) is 17.5 Å². The van der Waals surface area contributed by atoms with Crippen LogP contribution >= 0.6 is 11.6 Å². The van der Waals surface area contributed by atoms with E-state index in [9.17, 15) is 13.2 Å². The Morgan fingerprint density at radius 1 is 0.884 bits per heavy atom. The summed E-state index contributed by atoms with van der Waals surface area (Å²) in [5.41, 5.74) is 14.1. The van der Waals surface area contributed by atoms with Crippen molar-refractivity contribution in [3.8, 4) is 5.75 Å². The second-order valence-electron chi connectivity index (χ2n) is 10.3. The zero-order valence-electron chi connectivity index (χ0n) is 23.8. The minimum atomic E-state index is -4.53. The number of rotatable bonds is 14. The van der Waals surface area contributed by atoms with Gasteiger partial charge in [0, 0.05) is 32.0 Å². The van der Waals surface area contributed by atoms with Crippen molar-refractivity contribution in [2.75, 3.05) is 19.7 Å². The van der Waals surface area contributed by atoms with Gasteiger partial charge in [0.15, 0.2) is 0 Å². The fraction of sp³-hybridized carbons (Fsp3) is 0.265. The molecule has 0 aliphatic rings. The Bertz CT molecular complexity index is 1410. The number of alkyl halides is 3. The van der Waals surface area contributed by atoms with Crippen LogP contribution < -0.4 is 16.2 Å². The van der Waals surface area contributed by atoms with Crippen molar-refractivity contribution in [2.45, 2.75) is 37.6 Å². The molecule has 0 amide bonds. The summed E-state index contributed by atoms with van der Waals surface area (Å²) in [6, 6.07) is 32.0. The second kappa shape index (κ2) is 15.6. The Morgan fingerprint density at radius 3 is 2.16 bits per heavy atom. The summed E-state index contributed by atoms with van der Waals surface area (Å²) in [6.07, 6.45) is -2.59. The standard InChI is InChI=1S/C34H36ClF3N4O/c35-33-28(15-8-17-31(33)34(36,37)38)22-42(23-30(26-11-3-1-4-12-26)27-13-5-2-6-14-27)18-9-19-43-29-16-7-10-25(20-29)21-32(40)41-24-39/h1-8,10-17,20,24,30,32H,9,18-19,21-23,40H2,(H2,39,41). The molecule has 4 aromatic rings. The molecule has 43 heavy (non-hydrogen) atoms. The Kier molecular flexibility index (Phi) is 11.6. The van der Waals surface area contributed by atoms with E-state index in [2.05, 4.69) is 34.2 Å². The summed E-state index contributed by atoms with van der Waals surface area (Å²) in [6.45, 7) is 1.84. The van der Waals surface area contributed by atoms with Crippen molar-refractivity contribution in [3.63, 3.8) is 0 Å². The monoisotopic (exact) mass is 608 g/mol. The van der Waals surface area contributed by atoms with Crippen molar-refractivity contribution in [1.82, 2.24) is 4.90 Å². The van der Waals surface area contributed by atoms with E-state index in [1.807, 2.05) is 60.7 Å². The Balaban J connectivity index is 1.52. The maximum atomic E-state index is 13.6. The van der Waals surface area contributed by atoms with Crippen LogP contribution in [0.25, 0.3) is 0 Å². The summed E-state index contributed by atoms with van der Waals surface area (Å²) in [7, 11) is 0. The average molecular weight is 609 g/mol. The molecule has 0 aliphatic carbocycles. The van der Waals surface area contributed by atoms with Crippen LogP contribution in [0.2, 0.25) is 5.02 Å². The molecule has 0 fully saturated rings. The molecule has 4 aromatic carbocycles. The number of nitrogens with zero attached hydrogens (tertiary/aromatic N) is 2. The van der Waals surface area contributed by atoms with Gasteiger partial charge in [-0.05, 0) is 46.9 Å². The molecule has 0 heterocycles. The molecule has 0 aliphatic heterocycles. The fourth-order valence-electron chi connectivity index (χ4n) is 5.07. The van der Waals surface area contributed by atoms with Crippen LogP contribution in [0.1, 0.15) is 40.2 Å². The second-order valence-corrected chi connectivity index (χ2v) is 10.7. The van der Waals surface area contributed by atoms with Gasteiger partial charge in [0.05, 0.1) is 23.5 Å². The van der Waals surface area contributed by atoms with Gasteiger partial charge in [-0.15, -0.1) is 0 Å². The number of benzene rings is 4. The van der Waals surface area contributed by atoms with Crippen LogP contribution in [0.3, 0.4) is 0 Å². The van der Waals surface area contributed by atoms with Crippen LogP contribution in [0.4, 0.5) is 13.2 Å². The van der Waals surface area contributed by atoms with Crippen molar-refractivity contribution in [2.24, 2.45) is 16.5 Å². The van der Waals surface area contributed by atoms with Crippen molar-refractivity contribution in [3.05, 3.63) is 136 Å². The molecular weight excluding hydrogens is 573 g/mol. The Labute approximate surface area is 256 Å². The van der Waals surface area contributed by atoms with Crippen LogP contribution in [0.15, 0.2) is 108 Å². The first-order valence-corrected chi connectivity index (χ1v) is 14.5. The number of halogens is 4. The lowest BCUT2D eigenvalue weighted by molar-refractivity contribution is -0.137. The molecule has 4 rings (SSSR count). The highest BCUT2D eigenvalue weighted by Gasteiger charge is 2.34. The highest BCUT2D eigenvalue weighted by Crippen LogP contribution is 2.37. The van der Waals surface area contributed by atoms with Gasteiger partial charge in [-0.2, -0.15) is 13.2 Å². The highest BCUT2D eigenvalue weighted by atomic mass is 35.5. The van der Waals surface area contributed by atoms with Gasteiger partial charge in [-0.3, -0.25) is 9.89 Å². The average Bonchev–Trinajstić information content (AvgIpc) is 2.99. The van der Waals surface area contributed by atoms with E-state index in [0.29, 0.717) is 43.9 Å². The molecular formula is C34H36ClF3N4O. The minimum absolute atomic E-state index is 0.00460. The maximum Gasteiger partial charge on any atom is 0.417 e. The summed E-state index contributed by atoms with van der Waals surface area (Å²) in [5.74, 6) is 0.713. The van der Waals surface area contributed by atoms with Crippen molar-refractivity contribution in [1.29, 1.82) is 0 Å². The van der Waals surface area contributed by atoms with Crippen molar-refractivity contribution >= 4 is 17.9 Å². The van der Waals surface area contributed by atoms with Gasteiger partial charge < -0.3 is 16.2 Å². The zero-order chi connectivity index (χ0) is 30.7. The fourth-order valence-corrected chi connectivity index (χ4v) is 5.37. The number of nitrogens with two attached hydrogens (primary N) is 2. The lowest BCUT2D eigenvalue weighted by Crippen LogP contribution is -2.31. The smallest absolute Gasteiger partial charge is 0.417 e. The molecule has 9 heteroatoms. The molecule has 0 saturated carbocycles. The molecule has 1 atom stereocenters. The van der Waals surface area contributed by atoms with Gasteiger partial charge in [-0.25, -0.2) is 0 Å². The van der Waals surface area contributed by atoms with E-state index < -0.39 is 17.9 Å². The topological polar surface area (TPSA) is 76.9 Å². The number of aliphatic imine (C=N–C) groups is 1. The van der Waals surface area contributed by atoms with E-state index in [1.165, 1.54) is 12.4 Å². The normalized spacial score (nSPS) is 12.7. The van der Waals surface area contributed by atoms with Crippen LogP contribution in [-0.2, 0) is 19.1 Å². The van der Waals surface area contributed by atoms with E-state index in [4.69, 9.17) is 27.8 Å². The number of hydrogen-bond donors (Lipinski definition) is 2. The summed E-state index contributed by atoms with van der Waals surface area (Å²) in [5, 5.41) is -0.263. The molecule has 226 valence electrons. The van der Waals surface area contributed by atoms with Crippen LogP contribution in [0.5, 0.6) is 5.75 Å². The van der Waals surface area contributed by atoms with Gasteiger partial charge in [0.1, 0.15) is 11.9 Å². The lowest BCUT2D eigenvalue weighted by Gasteiger charge is -2.29. The molecule has 0 bridgehead atoms. The third-order valence-corrected chi connectivity index (χ3v) is 7.58. The minimum Gasteiger partial charge on any atom is -0.494 e. The summed E-state index contributed by atoms with van der Waals surface area (Å²) >= 11 is 6.32. The number of hydrogen-bond acceptors (Lipinski definition) is 4. The van der Waals surface area contributed by atoms with E-state index in [0.717, 1.165) is 22.8 Å². The van der Waals surface area contributed by atoms with Gasteiger partial charge >= 0.3 is 6.18 Å². The third kappa shape index (κ3) is 9.58. The van der Waals surface area contributed by atoms with Gasteiger partial charge in [0.2, 0.25) is 0 Å². The lowest BCUT2D eigenvalue weighted by atomic mass is 9.90. The maximum absolute atomic E-state index is 13.6. The number of ether oxygens (including phenoxy) is 1. The largest absolute Gasteiger partial charge is 0.494 e. The first kappa shape index (κ1) is 32.1. The van der Waals surface area contributed by atoms with Crippen LogP contribution in [0, 0.1) is 0 Å². The van der Waals surface area contributed by atoms with Gasteiger partial charge in [-0.1, -0.05) is 96.5 Å². The summed E-state index contributed by atoms with van der Waals surface area (Å²) in [4.78, 5) is 6.13. The molecule has 0 spiro atoms. The predicted octanol–water partition coefficient (Wildman–Crippen LogP) is 7.28. The van der Waals surface area contributed by atoms with Crippen molar-refractivity contribution < 1.29 is 17.9 Å². The highest BCUT2D eigenvalue weighted by molar-refractivity contribution is 6.32. The molecule has 0 aromatic heterocycles. The van der Waals surface area contributed by atoms with Crippen LogP contribution in [-0.4, -0.2) is 37.1 Å². The Hall–Kier alpha value is -3.85. The van der Waals surface area contributed by atoms with E-state index >= 15 is 0 Å². The molecule has 1 unspecified atom stereocenters. The molecule has 5 nitrogen and oxygen atoms in total. The quantitative estimate of drug-likeness (QED) is 0.0896. The zero-order valence-corrected chi connectivity index (χ0v) is 24.5. The SMILES string of the molecule is NC=NC(N)Cc1cccc(OCCCN(Cc2cccc(C(F)(F)F)c2Cl)CC(c2ccccc2)c2ccccc2)c1. The third-order valence-electron chi connectivity index (χ3n) is 7.13.